The zero-order valence-electron chi connectivity index (χ0n) is 15.4. The summed E-state index contributed by atoms with van der Waals surface area (Å²) < 4.78 is 36.7. The zero-order valence-corrected chi connectivity index (χ0v) is 16.2. The number of carbonyl (C=O) groups excluding carboxylic acids is 1. The molecule has 1 aliphatic heterocycles. The van der Waals surface area contributed by atoms with E-state index < -0.39 is 22.0 Å². The van der Waals surface area contributed by atoms with Gasteiger partial charge in [-0.1, -0.05) is 12.1 Å². The van der Waals surface area contributed by atoms with Crippen LogP contribution in [-0.4, -0.2) is 39.3 Å². The minimum absolute atomic E-state index is 0.0584. The van der Waals surface area contributed by atoms with E-state index in [9.17, 15) is 13.2 Å². The third kappa shape index (κ3) is 4.51. The van der Waals surface area contributed by atoms with Gasteiger partial charge in [-0.3, -0.25) is 9.10 Å². The molecule has 1 amide bonds. The fraction of sp³-hybridized carbons (Fsp3) is 0.316. The van der Waals surface area contributed by atoms with Gasteiger partial charge in [0.15, 0.2) is 6.10 Å². The van der Waals surface area contributed by atoms with Crippen LogP contribution in [-0.2, 0) is 14.8 Å². The molecule has 2 aromatic carbocycles. The van der Waals surface area contributed by atoms with Crippen molar-refractivity contribution in [3.05, 3.63) is 48.5 Å². The van der Waals surface area contributed by atoms with Crippen LogP contribution in [0.2, 0.25) is 0 Å². The smallest absolute Gasteiger partial charge is 0.267 e. The molecule has 1 atom stereocenters. The van der Waals surface area contributed by atoms with Gasteiger partial charge in [-0.2, -0.15) is 0 Å². The van der Waals surface area contributed by atoms with Gasteiger partial charge in [0.2, 0.25) is 10.0 Å². The highest BCUT2D eigenvalue weighted by atomic mass is 32.2. The second-order valence-electron chi connectivity index (χ2n) is 6.55. The standard InChI is InChI=1S/C19H22N2O5S/c1-13(2)25-15-10-8-14(9-11-15)20-19(22)18-12-21(27(3,23)24)16-6-4-5-7-17(16)26-18/h4-11,13,18H,12H2,1-3H3,(H,20,22)/t18-/m0/s1. The van der Waals surface area contributed by atoms with Crippen LogP contribution in [0.3, 0.4) is 0 Å². The molecule has 8 heteroatoms. The van der Waals surface area contributed by atoms with Crippen molar-refractivity contribution in [2.45, 2.75) is 26.1 Å². The van der Waals surface area contributed by atoms with Gasteiger partial charge in [-0.15, -0.1) is 0 Å². The Morgan fingerprint density at radius 1 is 1.19 bits per heavy atom. The summed E-state index contributed by atoms with van der Waals surface area (Å²) in [7, 11) is -3.54. The molecule has 0 bridgehead atoms. The van der Waals surface area contributed by atoms with Crippen molar-refractivity contribution >= 4 is 27.3 Å². The van der Waals surface area contributed by atoms with E-state index in [0.29, 0.717) is 22.9 Å². The third-order valence-corrected chi connectivity index (χ3v) is 5.07. The largest absolute Gasteiger partial charge is 0.491 e. The Morgan fingerprint density at radius 3 is 2.48 bits per heavy atom. The molecule has 0 saturated heterocycles. The molecule has 1 heterocycles. The number of hydrogen-bond acceptors (Lipinski definition) is 5. The summed E-state index contributed by atoms with van der Waals surface area (Å²) in [6.07, 6.45) is 0.210. The highest BCUT2D eigenvalue weighted by Gasteiger charge is 2.34. The maximum atomic E-state index is 12.6. The van der Waals surface area contributed by atoms with Gasteiger partial charge in [0.25, 0.3) is 5.91 Å². The maximum absolute atomic E-state index is 12.6. The molecule has 1 N–H and O–H groups in total. The Bertz CT molecular complexity index is 925. The quantitative estimate of drug-likeness (QED) is 0.848. The van der Waals surface area contributed by atoms with Crippen LogP contribution < -0.4 is 19.1 Å². The summed E-state index contributed by atoms with van der Waals surface area (Å²) in [6.45, 7) is 3.78. The molecule has 3 rings (SSSR count). The number of carbonyl (C=O) groups is 1. The van der Waals surface area contributed by atoms with Gasteiger partial charge < -0.3 is 14.8 Å². The van der Waals surface area contributed by atoms with Crippen LogP contribution in [0.15, 0.2) is 48.5 Å². The molecular formula is C19H22N2O5S. The number of ether oxygens (including phenoxy) is 2. The molecule has 0 spiro atoms. The average molecular weight is 390 g/mol. The number of hydrogen-bond donors (Lipinski definition) is 1. The van der Waals surface area contributed by atoms with E-state index >= 15 is 0 Å². The molecule has 0 fully saturated rings. The zero-order chi connectivity index (χ0) is 19.6. The van der Waals surface area contributed by atoms with Crippen LogP contribution in [0, 0.1) is 0 Å². The molecule has 0 saturated carbocycles. The Morgan fingerprint density at radius 2 is 1.85 bits per heavy atom. The second kappa shape index (κ2) is 7.48. The van der Waals surface area contributed by atoms with Crippen molar-refractivity contribution in [3.8, 4) is 11.5 Å². The first-order chi connectivity index (χ1) is 12.7. The first-order valence-corrected chi connectivity index (χ1v) is 10.4. The number of para-hydroxylation sites is 2. The van der Waals surface area contributed by atoms with Crippen molar-refractivity contribution < 1.29 is 22.7 Å². The Balaban J connectivity index is 1.75. The lowest BCUT2D eigenvalue weighted by Gasteiger charge is -2.33. The lowest BCUT2D eigenvalue weighted by atomic mass is 10.2. The number of sulfonamides is 1. The number of nitrogens with one attached hydrogen (secondary N) is 1. The Labute approximate surface area is 158 Å². The maximum Gasteiger partial charge on any atom is 0.267 e. The highest BCUT2D eigenvalue weighted by Crippen LogP contribution is 2.34. The van der Waals surface area contributed by atoms with Gasteiger partial charge in [0.05, 0.1) is 24.6 Å². The Hall–Kier alpha value is -2.74. The van der Waals surface area contributed by atoms with E-state index in [0.717, 1.165) is 6.26 Å². The topological polar surface area (TPSA) is 84.9 Å². The Kier molecular flexibility index (Phi) is 5.27. The second-order valence-corrected chi connectivity index (χ2v) is 8.46. The minimum Gasteiger partial charge on any atom is -0.491 e. The van der Waals surface area contributed by atoms with Gasteiger partial charge >= 0.3 is 0 Å². The predicted molar refractivity (Wildman–Crippen MR) is 104 cm³/mol. The molecular weight excluding hydrogens is 368 g/mol. The van der Waals surface area contributed by atoms with Crippen LogP contribution in [0.1, 0.15) is 13.8 Å². The number of fused-ring (bicyclic) bond motifs is 1. The summed E-state index contributed by atoms with van der Waals surface area (Å²) >= 11 is 0. The number of nitrogens with zero attached hydrogens (tertiary/aromatic N) is 1. The summed E-state index contributed by atoms with van der Waals surface area (Å²) in [4.78, 5) is 12.6. The number of rotatable bonds is 5. The minimum atomic E-state index is -3.54. The van der Waals surface area contributed by atoms with Crippen molar-refractivity contribution in [2.24, 2.45) is 0 Å². The molecule has 2 aromatic rings. The average Bonchev–Trinajstić information content (AvgIpc) is 2.61. The summed E-state index contributed by atoms with van der Waals surface area (Å²) in [6, 6.07) is 13.7. The molecule has 27 heavy (non-hydrogen) atoms. The SMILES string of the molecule is CC(C)Oc1ccc(NC(=O)[C@@H]2CN(S(C)(=O)=O)c3ccccc3O2)cc1. The molecule has 7 nitrogen and oxygen atoms in total. The van der Waals surface area contributed by atoms with Gasteiger partial charge in [-0.25, -0.2) is 8.42 Å². The summed E-state index contributed by atoms with van der Waals surface area (Å²) in [5.74, 6) is 0.639. The van der Waals surface area contributed by atoms with Crippen molar-refractivity contribution in [1.82, 2.24) is 0 Å². The number of amides is 1. The third-order valence-electron chi connectivity index (χ3n) is 3.92. The normalized spacial score (nSPS) is 16.4. The van der Waals surface area contributed by atoms with Gasteiger partial charge in [-0.05, 0) is 50.2 Å². The van der Waals surface area contributed by atoms with E-state index in [-0.39, 0.29) is 12.6 Å². The van der Waals surface area contributed by atoms with E-state index in [1.165, 1.54) is 4.31 Å². The fourth-order valence-corrected chi connectivity index (χ4v) is 3.68. The van der Waals surface area contributed by atoms with Crippen LogP contribution >= 0.6 is 0 Å². The van der Waals surface area contributed by atoms with Crippen molar-refractivity contribution in [1.29, 1.82) is 0 Å². The summed E-state index contributed by atoms with van der Waals surface area (Å²) in [5, 5.41) is 2.75. The monoisotopic (exact) mass is 390 g/mol. The first-order valence-electron chi connectivity index (χ1n) is 8.55. The highest BCUT2D eigenvalue weighted by molar-refractivity contribution is 7.92. The van der Waals surface area contributed by atoms with Crippen LogP contribution in [0.25, 0.3) is 0 Å². The molecule has 0 aliphatic carbocycles. The van der Waals surface area contributed by atoms with Gasteiger partial charge in [0.1, 0.15) is 11.5 Å². The summed E-state index contributed by atoms with van der Waals surface area (Å²) in [5.41, 5.74) is 1.00. The molecule has 0 unspecified atom stereocenters. The molecule has 0 aromatic heterocycles. The number of anilines is 2. The van der Waals surface area contributed by atoms with E-state index in [4.69, 9.17) is 9.47 Å². The first kappa shape index (κ1) is 19.0. The molecule has 1 aliphatic rings. The lowest BCUT2D eigenvalue weighted by Crippen LogP contribution is -2.48. The van der Waals surface area contributed by atoms with Crippen molar-refractivity contribution in [2.75, 3.05) is 22.4 Å². The lowest BCUT2D eigenvalue weighted by molar-refractivity contribution is -0.122. The fourth-order valence-electron chi connectivity index (χ4n) is 2.76. The van der Waals surface area contributed by atoms with Crippen LogP contribution in [0.5, 0.6) is 11.5 Å². The van der Waals surface area contributed by atoms with Crippen LogP contribution in [0.4, 0.5) is 11.4 Å². The number of benzene rings is 2. The van der Waals surface area contributed by atoms with E-state index in [2.05, 4.69) is 5.32 Å². The molecule has 144 valence electrons. The van der Waals surface area contributed by atoms with E-state index in [1.54, 1.807) is 48.5 Å². The van der Waals surface area contributed by atoms with Gasteiger partial charge in [0, 0.05) is 5.69 Å². The van der Waals surface area contributed by atoms with E-state index in [1.807, 2.05) is 13.8 Å². The predicted octanol–water partition coefficient (Wildman–Crippen LogP) is 2.64. The van der Waals surface area contributed by atoms with Crippen molar-refractivity contribution in [3.63, 3.8) is 0 Å². The molecule has 0 radical (unpaired) electrons.